The zero-order valence-corrected chi connectivity index (χ0v) is 12.7. The van der Waals surface area contributed by atoms with Gasteiger partial charge < -0.3 is 0 Å². The molecule has 0 saturated carbocycles. The Morgan fingerprint density at radius 3 is 2.50 bits per heavy atom. The SMILES string of the molecule is Fc1cccc(Cl)c1CC(Cl)c1cc(Cl)sc1Cl. The molecule has 0 amide bonds. The molecular formula is C12H7Cl4FS. The largest absolute Gasteiger partial charge is 0.207 e. The van der Waals surface area contributed by atoms with Crippen LogP contribution in [0.5, 0.6) is 0 Å². The first kappa shape index (κ1) is 14.4. The number of rotatable bonds is 3. The lowest BCUT2D eigenvalue weighted by atomic mass is 10.1. The van der Waals surface area contributed by atoms with Gasteiger partial charge in [0.1, 0.15) is 5.82 Å². The van der Waals surface area contributed by atoms with Crippen molar-refractivity contribution >= 4 is 57.7 Å². The standard InChI is InChI=1S/C12H7Cl4FS/c13-8-2-1-3-10(17)6(8)4-9(14)7-5-11(15)18-12(7)16/h1-3,5,9H,4H2. The molecule has 18 heavy (non-hydrogen) atoms. The third-order valence-corrected chi connectivity index (χ3v) is 4.73. The molecule has 0 spiro atoms. The zero-order valence-electron chi connectivity index (χ0n) is 8.89. The second-order valence-corrected chi connectivity index (χ2v) is 6.87. The fourth-order valence-corrected chi connectivity index (χ4v) is 3.85. The molecule has 1 heterocycles. The van der Waals surface area contributed by atoms with Gasteiger partial charge in [0.2, 0.25) is 0 Å². The predicted molar refractivity (Wildman–Crippen MR) is 78.0 cm³/mol. The Bertz CT molecular complexity index is 547. The molecule has 1 atom stereocenters. The van der Waals surface area contributed by atoms with Crippen LogP contribution in [0, 0.1) is 5.82 Å². The smallest absolute Gasteiger partial charge is 0.127 e. The first-order valence-electron chi connectivity index (χ1n) is 5.00. The highest BCUT2D eigenvalue weighted by Crippen LogP contribution is 2.39. The van der Waals surface area contributed by atoms with E-state index in [1.165, 1.54) is 17.4 Å². The lowest BCUT2D eigenvalue weighted by molar-refractivity contribution is 0.607. The summed E-state index contributed by atoms with van der Waals surface area (Å²) in [7, 11) is 0. The van der Waals surface area contributed by atoms with Gasteiger partial charge in [-0.05, 0) is 24.6 Å². The second kappa shape index (κ2) is 5.98. The van der Waals surface area contributed by atoms with E-state index >= 15 is 0 Å². The van der Waals surface area contributed by atoms with E-state index in [1.54, 1.807) is 18.2 Å². The molecule has 0 radical (unpaired) electrons. The van der Waals surface area contributed by atoms with Gasteiger partial charge >= 0.3 is 0 Å². The summed E-state index contributed by atoms with van der Waals surface area (Å²) in [6.07, 6.45) is 0.264. The maximum atomic E-state index is 13.6. The van der Waals surface area contributed by atoms with E-state index in [9.17, 15) is 4.39 Å². The monoisotopic (exact) mass is 342 g/mol. The summed E-state index contributed by atoms with van der Waals surface area (Å²) in [5.74, 6) is -0.370. The van der Waals surface area contributed by atoms with Gasteiger partial charge in [-0.15, -0.1) is 22.9 Å². The van der Waals surface area contributed by atoms with Gasteiger partial charge in [-0.3, -0.25) is 0 Å². The Balaban J connectivity index is 2.26. The first-order valence-corrected chi connectivity index (χ1v) is 7.39. The van der Waals surface area contributed by atoms with Crippen LogP contribution in [0.25, 0.3) is 0 Å². The summed E-state index contributed by atoms with van der Waals surface area (Å²) in [6.45, 7) is 0. The summed E-state index contributed by atoms with van der Waals surface area (Å²) in [4.78, 5) is 0. The zero-order chi connectivity index (χ0) is 13.3. The number of benzene rings is 1. The third-order valence-electron chi connectivity index (χ3n) is 2.47. The molecule has 2 aromatic rings. The average Bonchev–Trinajstić information content (AvgIpc) is 2.63. The Kier molecular flexibility index (Phi) is 4.79. The van der Waals surface area contributed by atoms with Crippen molar-refractivity contribution in [3.63, 3.8) is 0 Å². The number of alkyl halides is 1. The Morgan fingerprint density at radius 2 is 1.94 bits per heavy atom. The van der Waals surface area contributed by atoms with Crippen molar-refractivity contribution in [1.82, 2.24) is 0 Å². The fourth-order valence-electron chi connectivity index (χ4n) is 1.58. The number of halogens is 5. The molecule has 0 saturated heterocycles. The normalized spacial score (nSPS) is 12.7. The van der Waals surface area contributed by atoms with E-state index in [-0.39, 0.29) is 12.2 Å². The maximum Gasteiger partial charge on any atom is 0.127 e. The molecule has 96 valence electrons. The molecule has 6 heteroatoms. The molecule has 1 unspecified atom stereocenters. The highest BCUT2D eigenvalue weighted by Gasteiger charge is 2.19. The number of hydrogen-bond acceptors (Lipinski definition) is 1. The lowest BCUT2D eigenvalue weighted by Gasteiger charge is -2.11. The topological polar surface area (TPSA) is 0 Å². The van der Waals surface area contributed by atoms with Crippen molar-refractivity contribution in [2.75, 3.05) is 0 Å². The minimum atomic E-state index is -0.462. The van der Waals surface area contributed by atoms with Crippen LogP contribution in [0.4, 0.5) is 4.39 Å². The molecule has 1 aromatic carbocycles. The lowest BCUT2D eigenvalue weighted by Crippen LogP contribution is -1.99. The molecule has 1 aromatic heterocycles. The molecule has 0 bridgehead atoms. The van der Waals surface area contributed by atoms with Crippen molar-refractivity contribution in [3.05, 3.63) is 54.9 Å². The van der Waals surface area contributed by atoms with Crippen LogP contribution < -0.4 is 0 Å². The van der Waals surface area contributed by atoms with Crippen LogP contribution in [-0.4, -0.2) is 0 Å². The molecule has 0 fully saturated rings. The summed E-state index contributed by atoms with van der Waals surface area (Å²) in [6, 6.07) is 6.23. The van der Waals surface area contributed by atoms with E-state index in [0.717, 1.165) is 0 Å². The summed E-state index contributed by atoms with van der Waals surface area (Å²) >= 11 is 25.3. The van der Waals surface area contributed by atoms with Gasteiger partial charge in [0.25, 0.3) is 0 Å². The van der Waals surface area contributed by atoms with Gasteiger partial charge in [0.15, 0.2) is 0 Å². The van der Waals surface area contributed by atoms with Crippen molar-refractivity contribution < 1.29 is 4.39 Å². The fraction of sp³-hybridized carbons (Fsp3) is 0.167. The van der Waals surface area contributed by atoms with Crippen molar-refractivity contribution in [2.24, 2.45) is 0 Å². The summed E-state index contributed by atoms with van der Waals surface area (Å²) in [5.41, 5.74) is 1.09. The Labute approximate surface area is 128 Å². The van der Waals surface area contributed by atoms with E-state index < -0.39 is 5.38 Å². The van der Waals surface area contributed by atoms with Crippen LogP contribution in [0.2, 0.25) is 13.7 Å². The number of thiophene rings is 1. The molecule has 0 aliphatic carbocycles. The number of hydrogen-bond donors (Lipinski definition) is 0. The van der Waals surface area contributed by atoms with Crippen LogP contribution in [0.15, 0.2) is 24.3 Å². The third kappa shape index (κ3) is 3.12. The Morgan fingerprint density at radius 1 is 1.22 bits per heavy atom. The summed E-state index contributed by atoms with van der Waals surface area (Å²) in [5, 5.41) is -0.103. The van der Waals surface area contributed by atoms with Gasteiger partial charge in [-0.25, -0.2) is 4.39 Å². The molecular weight excluding hydrogens is 337 g/mol. The van der Waals surface area contributed by atoms with Crippen molar-refractivity contribution in [3.8, 4) is 0 Å². The van der Waals surface area contributed by atoms with Crippen molar-refractivity contribution in [2.45, 2.75) is 11.8 Å². The Hall–Kier alpha value is 0.01000. The minimum absolute atomic E-state index is 0.264. The molecule has 0 N–H and O–H groups in total. The molecule has 0 nitrogen and oxygen atoms in total. The van der Waals surface area contributed by atoms with Gasteiger partial charge in [-0.2, -0.15) is 0 Å². The molecule has 0 aliphatic heterocycles. The van der Waals surface area contributed by atoms with E-state index in [2.05, 4.69) is 0 Å². The highest BCUT2D eigenvalue weighted by molar-refractivity contribution is 7.20. The maximum absolute atomic E-state index is 13.6. The van der Waals surface area contributed by atoms with Gasteiger partial charge in [0, 0.05) is 16.1 Å². The van der Waals surface area contributed by atoms with E-state index in [1.807, 2.05) is 0 Å². The molecule has 0 aliphatic rings. The highest BCUT2D eigenvalue weighted by atomic mass is 35.5. The predicted octanol–water partition coefficient (Wildman–Crippen LogP) is 6.37. The van der Waals surface area contributed by atoms with Crippen LogP contribution in [0.3, 0.4) is 0 Å². The van der Waals surface area contributed by atoms with Crippen LogP contribution >= 0.6 is 57.7 Å². The quantitative estimate of drug-likeness (QED) is 0.568. The average molecular weight is 344 g/mol. The van der Waals surface area contributed by atoms with Crippen LogP contribution in [0.1, 0.15) is 16.5 Å². The van der Waals surface area contributed by atoms with Crippen molar-refractivity contribution in [1.29, 1.82) is 0 Å². The minimum Gasteiger partial charge on any atom is -0.207 e. The molecule has 2 rings (SSSR count). The van der Waals surface area contributed by atoms with Gasteiger partial charge in [-0.1, -0.05) is 40.9 Å². The first-order chi connectivity index (χ1) is 8.49. The van der Waals surface area contributed by atoms with Crippen LogP contribution in [-0.2, 0) is 6.42 Å². The second-order valence-electron chi connectivity index (χ2n) is 3.65. The summed E-state index contributed by atoms with van der Waals surface area (Å²) < 4.78 is 14.7. The van der Waals surface area contributed by atoms with E-state index in [0.29, 0.717) is 24.8 Å². The van der Waals surface area contributed by atoms with Gasteiger partial charge in [0.05, 0.1) is 14.0 Å². The van der Waals surface area contributed by atoms with E-state index in [4.69, 9.17) is 46.4 Å².